The highest BCUT2D eigenvalue weighted by Gasteiger charge is 2.14. The van der Waals surface area contributed by atoms with Gasteiger partial charge in [-0.05, 0) is 17.9 Å². The van der Waals surface area contributed by atoms with Crippen molar-refractivity contribution in [1.29, 1.82) is 0 Å². The number of aromatic nitrogens is 3. The van der Waals surface area contributed by atoms with Gasteiger partial charge in [-0.3, -0.25) is 10.1 Å². The smallest absolute Gasteiger partial charge is 0.260 e. The van der Waals surface area contributed by atoms with E-state index in [1.54, 1.807) is 0 Å². The summed E-state index contributed by atoms with van der Waals surface area (Å²) >= 11 is 1.40. The maximum Gasteiger partial charge on any atom is 0.260 e. The van der Waals surface area contributed by atoms with E-state index < -0.39 is 17.5 Å². The summed E-state index contributed by atoms with van der Waals surface area (Å²) in [5.41, 5.74) is -0.262. The van der Waals surface area contributed by atoms with Crippen LogP contribution >= 0.6 is 11.8 Å². The van der Waals surface area contributed by atoms with Crippen LogP contribution in [-0.4, -0.2) is 26.8 Å². The summed E-state index contributed by atoms with van der Waals surface area (Å²) < 4.78 is 26.1. The average molecular weight is 284 g/mol. The van der Waals surface area contributed by atoms with Gasteiger partial charge < -0.3 is 0 Å². The zero-order chi connectivity index (χ0) is 13.8. The van der Waals surface area contributed by atoms with E-state index >= 15 is 0 Å². The van der Waals surface area contributed by atoms with Gasteiger partial charge in [-0.1, -0.05) is 18.7 Å². The third-order valence-corrected chi connectivity index (χ3v) is 2.88. The highest BCUT2D eigenvalue weighted by Crippen LogP contribution is 2.14. The van der Waals surface area contributed by atoms with Crippen LogP contribution in [0.5, 0.6) is 0 Å². The van der Waals surface area contributed by atoms with Crippen LogP contribution < -0.4 is 5.32 Å². The van der Waals surface area contributed by atoms with E-state index in [4.69, 9.17) is 0 Å². The number of thioether (sulfide) groups is 1. The molecule has 0 saturated heterocycles. The second-order valence-electron chi connectivity index (χ2n) is 3.48. The fourth-order valence-electron chi connectivity index (χ4n) is 1.34. The molecule has 0 atom stereocenters. The number of aromatic amines is 1. The van der Waals surface area contributed by atoms with E-state index in [2.05, 4.69) is 20.5 Å². The van der Waals surface area contributed by atoms with Crippen LogP contribution in [-0.2, 0) is 0 Å². The minimum absolute atomic E-state index is 0.115. The van der Waals surface area contributed by atoms with E-state index in [9.17, 15) is 13.6 Å². The van der Waals surface area contributed by atoms with E-state index in [1.165, 1.54) is 11.8 Å². The van der Waals surface area contributed by atoms with E-state index in [-0.39, 0.29) is 11.5 Å². The Morgan fingerprint density at radius 2 is 2.26 bits per heavy atom. The second-order valence-corrected chi connectivity index (χ2v) is 4.71. The number of nitrogens with zero attached hydrogens (tertiary/aromatic N) is 2. The Kier molecular flexibility index (Phi) is 4.10. The summed E-state index contributed by atoms with van der Waals surface area (Å²) in [6.45, 7) is 1.94. The van der Waals surface area contributed by atoms with Crippen molar-refractivity contribution in [2.75, 3.05) is 11.1 Å². The molecule has 0 radical (unpaired) electrons. The minimum atomic E-state index is -0.930. The molecule has 0 aliphatic heterocycles. The van der Waals surface area contributed by atoms with Crippen molar-refractivity contribution in [3.8, 4) is 0 Å². The molecule has 0 aliphatic carbocycles. The first-order valence-corrected chi connectivity index (χ1v) is 6.40. The van der Waals surface area contributed by atoms with Crippen LogP contribution in [0, 0.1) is 11.6 Å². The van der Waals surface area contributed by atoms with Crippen LogP contribution in [0.25, 0.3) is 0 Å². The monoisotopic (exact) mass is 284 g/mol. The van der Waals surface area contributed by atoms with Crippen LogP contribution in [0.4, 0.5) is 14.7 Å². The van der Waals surface area contributed by atoms with Crippen molar-refractivity contribution in [3.05, 3.63) is 35.4 Å². The molecule has 5 nitrogen and oxygen atoms in total. The van der Waals surface area contributed by atoms with Crippen LogP contribution in [0.1, 0.15) is 17.3 Å². The number of amides is 1. The minimum Gasteiger partial charge on any atom is -0.291 e. The standard InChI is InChI=1S/C11H10F2N4OS/c1-2-19-11-15-10(16-17-11)14-9(18)7-4-3-6(12)5-8(7)13/h3-5H,2H2,1H3,(H2,14,15,16,17,18). The number of nitrogens with one attached hydrogen (secondary N) is 2. The predicted molar refractivity (Wildman–Crippen MR) is 67.1 cm³/mol. The van der Waals surface area contributed by atoms with E-state index in [0.29, 0.717) is 11.2 Å². The van der Waals surface area contributed by atoms with Gasteiger partial charge in [-0.25, -0.2) is 13.9 Å². The zero-order valence-electron chi connectivity index (χ0n) is 9.91. The molecule has 2 rings (SSSR count). The van der Waals surface area contributed by atoms with Gasteiger partial charge in [0.05, 0.1) is 5.56 Å². The van der Waals surface area contributed by atoms with Crippen LogP contribution in [0.3, 0.4) is 0 Å². The van der Waals surface area contributed by atoms with Crippen molar-refractivity contribution in [3.63, 3.8) is 0 Å². The maximum atomic E-state index is 13.4. The number of hydrogen-bond acceptors (Lipinski definition) is 4. The van der Waals surface area contributed by atoms with Crippen molar-refractivity contribution in [1.82, 2.24) is 15.2 Å². The largest absolute Gasteiger partial charge is 0.291 e. The average Bonchev–Trinajstić information content (AvgIpc) is 2.76. The quantitative estimate of drug-likeness (QED) is 0.846. The van der Waals surface area contributed by atoms with Gasteiger partial charge in [0, 0.05) is 6.07 Å². The molecule has 1 heterocycles. The molecule has 1 aromatic heterocycles. The SMILES string of the molecule is CCSc1n[nH]c(NC(=O)c2ccc(F)cc2F)n1. The van der Waals surface area contributed by atoms with Gasteiger partial charge in [0.2, 0.25) is 11.1 Å². The van der Waals surface area contributed by atoms with E-state index in [0.717, 1.165) is 17.9 Å². The number of anilines is 1. The number of H-pyrrole nitrogens is 1. The molecule has 1 amide bonds. The molecule has 0 saturated carbocycles. The molecule has 2 aromatic rings. The van der Waals surface area contributed by atoms with Gasteiger partial charge in [-0.2, -0.15) is 4.98 Å². The number of benzene rings is 1. The van der Waals surface area contributed by atoms with Crippen LogP contribution in [0.15, 0.2) is 23.4 Å². The third kappa shape index (κ3) is 3.28. The molecule has 0 unspecified atom stereocenters. The molecule has 2 N–H and O–H groups in total. The summed E-state index contributed by atoms with van der Waals surface area (Å²) in [6.07, 6.45) is 0. The topological polar surface area (TPSA) is 70.7 Å². The lowest BCUT2D eigenvalue weighted by Gasteiger charge is -2.02. The van der Waals surface area contributed by atoms with Crippen LogP contribution in [0.2, 0.25) is 0 Å². The Morgan fingerprint density at radius 3 is 2.95 bits per heavy atom. The fourth-order valence-corrected chi connectivity index (χ4v) is 1.87. The molecule has 1 aromatic carbocycles. The summed E-state index contributed by atoms with van der Waals surface area (Å²) in [6, 6.07) is 2.72. The molecule has 0 spiro atoms. The normalized spacial score (nSPS) is 10.5. The fraction of sp³-hybridized carbons (Fsp3) is 0.182. The first kappa shape index (κ1) is 13.5. The Labute approximate surface area is 111 Å². The summed E-state index contributed by atoms with van der Waals surface area (Å²) in [4.78, 5) is 15.7. The number of hydrogen-bond donors (Lipinski definition) is 2. The highest BCUT2D eigenvalue weighted by molar-refractivity contribution is 7.99. The second kappa shape index (κ2) is 5.79. The Balaban J connectivity index is 2.11. The summed E-state index contributed by atoms with van der Waals surface area (Å²) in [5.74, 6) is -1.49. The lowest BCUT2D eigenvalue weighted by Crippen LogP contribution is -2.14. The van der Waals surface area contributed by atoms with Gasteiger partial charge in [-0.15, -0.1) is 5.10 Å². The molecular formula is C11H10F2N4OS. The van der Waals surface area contributed by atoms with Crippen molar-refractivity contribution < 1.29 is 13.6 Å². The van der Waals surface area contributed by atoms with Gasteiger partial charge in [0.1, 0.15) is 11.6 Å². The molecule has 100 valence electrons. The molecule has 0 aliphatic rings. The third-order valence-electron chi connectivity index (χ3n) is 2.15. The molecule has 19 heavy (non-hydrogen) atoms. The first-order valence-electron chi connectivity index (χ1n) is 5.41. The van der Waals surface area contributed by atoms with Gasteiger partial charge >= 0.3 is 0 Å². The first-order chi connectivity index (χ1) is 9.10. The highest BCUT2D eigenvalue weighted by atomic mass is 32.2. The lowest BCUT2D eigenvalue weighted by atomic mass is 10.2. The van der Waals surface area contributed by atoms with Gasteiger partial charge in [0.25, 0.3) is 5.91 Å². The summed E-state index contributed by atoms with van der Waals surface area (Å²) in [7, 11) is 0. The van der Waals surface area contributed by atoms with Gasteiger partial charge in [0.15, 0.2) is 0 Å². The molecular weight excluding hydrogens is 274 g/mol. The molecule has 0 fully saturated rings. The lowest BCUT2D eigenvalue weighted by molar-refractivity contribution is 0.102. The maximum absolute atomic E-state index is 13.4. The van der Waals surface area contributed by atoms with E-state index in [1.807, 2.05) is 6.92 Å². The van der Waals surface area contributed by atoms with Crippen molar-refractivity contribution >= 4 is 23.6 Å². The number of carbonyl (C=O) groups excluding carboxylic acids is 1. The Morgan fingerprint density at radius 1 is 1.47 bits per heavy atom. The van der Waals surface area contributed by atoms with Crippen molar-refractivity contribution in [2.24, 2.45) is 0 Å². The number of rotatable bonds is 4. The number of carbonyl (C=O) groups is 1. The summed E-state index contributed by atoms with van der Waals surface area (Å²) in [5, 5.41) is 9.20. The number of halogens is 2. The Bertz CT molecular complexity index is 602. The zero-order valence-corrected chi connectivity index (χ0v) is 10.7. The molecule has 8 heteroatoms. The molecule has 0 bridgehead atoms. The Hall–Kier alpha value is -1.96. The van der Waals surface area contributed by atoms with Crippen molar-refractivity contribution in [2.45, 2.75) is 12.1 Å². The predicted octanol–water partition coefficient (Wildman–Crippen LogP) is 2.45.